The molecule has 0 fully saturated rings. The van der Waals surface area contributed by atoms with Crippen LogP contribution in [-0.2, 0) is 0 Å². The summed E-state index contributed by atoms with van der Waals surface area (Å²) >= 11 is 0. The quantitative estimate of drug-likeness (QED) is 0.638. The van der Waals surface area contributed by atoms with Crippen molar-refractivity contribution in [3.05, 3.63) is 46.8 Å². The second kappa shape index (κ2) is 7.75. The summed E-state index contributed by atoms with van der Waals surface area (Å²) in [6, 6.07) is 8.62. The third-order valence-corrected chi connectivity index (χ3v) is 3.66. The molecule has 1 aromatic carbocycles. The molecule has 3 rings (SSSR count). The zero-order valence-electron chi connectivity index (χ0n) is 15.0. The van der Waals surface area contributed by atoms with Gasteiger partial charge in [0.25, 0.3) is 5.56 Å². The monoisotopic (exact) mass is 395 g/mol. The lowest BCUT2D eigenvalue weighted by Gasteiger charge is -2.14. The summed E-state index contributed by atoms with van der Waals surface area (Å²) in [6.07, 6.45) is -4.44. The number of fused-ring (bicyclic) bond motifs is 1. The van der Waals surface area contributed by atoms with Gasteiger partial charge in [-0.05, 0) is 37.3 Å². The van der Waals surface area contributed by atoms with E-state index in [-0.39, 0.29) is 29.4 Å². The van der Waals surface area contributed by atoms with Crippen LogP contribution in [0.5, 0.6) is 17.6 Å². The lowest BCUT2D eigenvalue weighted by atomic mass is 10.2. The Hall–Kier alpha value is -3.30. The van der Waals surface area contributed by atoms with Crippen molar-refractivity contribution in [3.8, 4) is 23.3 Å². The molecule has 2 heterocycles. The molecule has 7 nitrogen and oxygen atoms in total. The molecule has 0 saturated heterocycles. The normalized spacial score (nSPS) is 11.5. The Morgan fingerprint density at radius 2 is 1.75 bits per heavy atom. The van der Waals surface area contributed by atoms with E-state index in [4.69, 9.17) is 9.47 Å². The van der Waals surface area contributed by atoms with Crippen LogP contribution >= 0.6 is 0 Å². The lowest BCUT2D eigenvalue weighted by Crippen LogP contribution is -2.23. The van der Waals surface area contributed by atoms with Crippen LogP contribution in [-0.4, -0.2) is 41.0 Å². The van der Waals surface area contributed by atoms with Crippen LogP contribution < -0.4 is 19.8 Å². The number of hydrogen-bond donors (Lipinski definition) is 0. The van der Waals surface area contributed by atoms with Gasteiger partial charge in [0.15, 0.2) is 12.3 Å². The number of ether oxygens (including phenoxy) is 3. The summed E-state index contributed by atoms with van der Waals surface area (Å²) in [7, 11) is 1.45. The van der Waals surface area contributed by atoms with E-state index in [9.17, 15) is 18.0 Å². The van der Waals surface area contributed by atoms with Crippen LogP contribution in [0.25, 0.3) is 16.7 Å². The first-order valence-corrected chi connectivity index (χ1v) is 8.23. The summed E-state index contributed by atoms with van der Waals surface area (Å²) in [4.78, 5) is 21.4. The van der Waals surface area contributed by atoms with E-state index in [1.807, 2.05) is 0 Å². The van der Waals surface area contributed by atoms with E-state index in [0.717, 1.165) is 0 Å². The molecule has 0 saturated carbocycles. The second-order valence-electron chi connectivity index (χ2n) is 5.59. The molecule has 0 unspecified atom stereocenters. The molecule has 10 heteroatoms. The van der Waals surface area contributed by atoms with Crippen molar-refractivity contribution in [3.63, 3.8) is 0 Å². The topological polar surface area (TPSA) is 75.5 Å². The Balaban J connectivity index is 2.04. The van der Waals surface area contributed by atoms with Gasteiger partial charge in [-0.1, -0.05) is 0 Å². The number of rotatable bonds is 6. The fourth-order valence-corrected chi connectivity index (χ4v) is 2.46. The lowest BCUT2D eigenvalue weighted by molar-refractivity contribution is -0.153. The maximum atomic E-state index is 12.9. The Bertz CT molecular complexity index is 1030. The number of nitrogens with zero attached hydrogens (tertiary/aromatic N) is 3. The van der Waals surface area contributed by atoms with Gasteiger partial charge in [-0.3, -0.25) is 4.79 Å². The van der Waals surface area contributed by atoms with Crippen LogP contribution in [0.15, 0.2) is 41.2 Å². The molecule has 0 atom stereocenters. The Morgan fingerprint density at radius 1 is 1.04 bits per heavy atom. The van der Waals surface area contributed by atoms with Gasteiger partial charge in [0.2, 0.25) is 5.88 Å². The minimum absolute atomic E-state index is 0.00436. The van der Waals surface area contributed by atoms with E-state index < -0.39 is 18.3 Å². The predicted octanol–water partition coefficient (Wildman–Crippen LogP) is 3.13. The number of aromatic nitrogens is 3. The second-order valence-corrected chi connectivity index (χ2v) is 5.59. The Morgan fingerprint density at radius 3 is 2.36 bits per heavy atom. The average molecular weight is 395 g/mol. The van der Waals surface area contributed by atoms with Crippen molar-refractivity contribution < 1.29 is 27.4 Å². The van der Waals surface area contributed by atoms with Crippen LogP contribution in [0.2, 0.25) is 0 Å². The molecule has 0 amide bonds. The number of methoxy groups -OCH3 is 1. The number of halogens is 3. The van der Waals surface area contributed by atoms with Crippen molar-refractivity contribution in [2.24, 2.45) is 0 Å². The highest BCUT2D eigenvalue weighted by atomic mass is 19.4. The standard InChI is InChI=1S/C18H16F3N3O4/c1-3-27-17-23-15-13(8-9-14(22-15)26-2)16(25)24(17)11-4-6-12(7-5-11)28-10-18(19,20)21/h4-9H,3,10H2,1-2H3. The molecule has 0 bridgehead atoms. The zero-order chi connectivity index (χ0) is 20.3. The van der Waals surface area contributed by atoms with Gasteiger partial charge < -0.3 is 14.2 Å². The maximum absolute atomic E-state index is 12.9. The highest BCUT2D eigenvalue weighted by molar-refractivity contribution is 5.75. The summed E-state index contributed by atoms with van der Waals surface area (Å²) < 4.78 is 53.2. The number of benzene rings is 1. The Labute approximate surface area is 157 Å². The van der Waals surface area contributed by atoms with Crippen molar-refractivity contribution in [2.45, 2.75) is 13.1 Å². The van der Waals surface area contributed by atoms with Crippen molar-refractivity contribution in [1.29, 1.82) is 0 Å². The molecule has 0 spiro atoms. The van der Waals surface area contributed by atoms with Gasteiger partial charge in [-0.25, -0.2) is 4.57 Å². The molecular weight excluding hydrogens is 379 g/mol. The SMILES string of the molecule is CCOc1nc2nc(OC)ccc2c(=O)n1-c1ccc(OCC(F)(F)F)cc1. The first-order valence-electron chi connectivity index (χ1n) is 8.23. The molecule has 2 aromatic heterocycles. The van der Waals surface area contributed by atoms with Gasteiger partial charge in [-0.2, -0.15) is 23.1 Å². The predicted molar refractivity (Wildman–Crippen MR) is 94.4 cm³/mol. The third kappa shape index (κ3) is 4.16. The van der Waals surface area contributed by atoms with Crippen molar-refractivity contribution in [1.82, 2.24) is 14.5 Å². The third-order valence-electron chi connectivity index (χ3n) is 3.66. The first kappa shape index (κ1) is 19.5. The fourth-order valence-electron chi connectivity index (χ4n) is 2.46. The van der Waals surface area contributed by atoms with Crippen molar-refractivity contribution >= 4 is 11.0 Å². The van der Waals surface area contributed by atoms with E-state index in [1.165, 1.54) is 48.1 Å². The van der Waals surface area contributed by atoms with Gasteiger partial charge >= 0.3 is 12.2 Å². The van der Waals surface area contributed by atoms with Crippen LogP contribution in [0.1, 0.15) is 6.92 Å². The smallest absolute Gasteiger partial charge is 0.422 e. The minimum atomic E-state index is -4.44. The van der Waals surface area contributed by atoms with Gasteiger partial charge in [0.1, 0.15) is 5.75 Å². The Kier molecular flexibility index (Phi) is 5.39. The maximum Gasteiger partial charge on any atom is 0.422 e. The summed E-state index contributed by atoms with van der Waals surface area (Å²) in [5.41, 5.74) is 0.0831. The molecular formula is C18H16F3N3O4. The van der Waals surface area contributed by atoms with E-state index >= 15 is 0 Å². The summed E-state index contributed by atoms with van der Waals surface area (Å²) in [5, 5.41) is 0.238. The summed E-state index contributed by atoms with van der Waals surface area (Å²) in [5.74, 6) is 0.318. The molecule has 0 aliphatic carbocycles. The highest BCUT2D eigenvalue weighted by Crippen LogP contribution is 2.22. The van der Waals surface area contributed by atoms with Gasteiger partial charge in [-0.15, -0.1) is 0 Å². The van der Waals surface area contributed by atoms with Crippen LogP contribution in [0, 0.1) is 0 Å². The largest absolute Gasteiger partial charge is 0.484 e. The molecule has 3 aromatic rings. The molecule has 0 N–H and O–H groups in total. The summed E-state index contributed by atoms with van der Waals surface area (Å²) in [6.45, 7) is 0.573. The van der Waals surface area contributed by atoms with Crippen molar-refractivity contribution in [2.75, 3.05) is 20.3 Å². The number of pyridine rings is 1. The fraction of sp³-hybridized carbons (Fsp3) is 0.278. The number of hydrogen-bond acceptors (Lipinski definition) is 6. The van der Waals surface area contributed by atoms with E-state index in [2.05, 4.69) is 14.7 Å². The van der Waals surface area contributed by atoms with Gasteiger partial charge in [0, 0.05) is 6.07 Å². The minimum Gasteiger partial charge on any atom is -0.484 e. The van der Waals surface area contributed by atoms with E-state index in [0.29, 0.717) is 11.6 Å². The highest BCUT2D eigenvalue weighted by Gasteiger charge is 2.28. The van der Waals surface area contributed by atoms with E-state index in [1.54, 1.807) is 6.92 Å². The number of alkyl halides is 3. The first-order chi connectivity index (χ1) is 13.3. The molecule has 148 valence electrons. The average Bonchev–Trinajstić information content (AvgIpc) is 2.66. The van der Waals surface area contributed by atoms with Gasteiger partial charge in [0.05, 0.1) is 24.8 Å². The molecule has 0 radical (unpaired) electrons. The zero-order valence-corrected chi connectivity index (χ0v) is 15.0. The molecule has 28 heavy (non-hydrogen) atoms. The van der Waals surface area contributed by atoms with Crippen LogP contribution in [0.3, 0.4) is 0 Å². The molecule has 0 aliphatic rings. The van der Waals surface area contributed by atoms with Crippen LogP contribution in [0.4, 0.5) is 13.2 Å². The molecule has 0 aliphatic heterocycles.